The van der Waals surface area contributed by atoms with Gasteiger partial charge in [0.15, 0.2) is 0 Å². The zero-order valence-corrected chi connectivity index (χ0v) is 25.4. The van der Waals surface area contributed by atoms with E-state index in [1.165, 1.54) is 11.1 Å². The van der Waals surface area contributed by atoms with E-state index in [1.54, 1.807) is 0 Å². The molecule has 3 aromatic carbocycles. The van der Waals surface area contributed by atoms with Gasteiger partial charge in [0.25, 0.3) is 0 Å². The first-order valence-electron chi connectivity index (χ1n) is 13.5. The standard InChI is InChI=1S/C29H44O2.C6H6/c1-26(2,3)20-14-18(15-21(24(20)30)27(4,5)6)13-19-16-22(28(7,8)9)25(31)23(17-19)29(10,11)12;1-2-4-6-5-3-1/h14-17,30-31H,13H2,1-12H3;1-6H. The van der Waals surface area contributed by atoms with Gasteiger partial charge in [0.05, 0.1) is 0 Å². The first kappa shape index (κ1) is 30.5. The summed E-state index contributed by atoms with van der Waals surface area (Å²) in [7, 11) is 0. The predicted molar refractivity (Wildman–Crippen MR) is 160 cm³/mol. The van der Waals surface area contributed by atoms with Crippen molar-refractivity contribution in [3.8, 4) is 11.5 Å². The Morgan fingerprint density at radius 2 is 0.595 bits per heavy atom. The van der Waals surface area contributed by atoms with Crippen LogP contribution in [0.1, 0.15) is 116 Å². The predicted octanol–water partition coefficient (Wildman–Crippen LogP) is 9.57. The Morgan fingerprint density at radius 1 is 0.405 bits per heavy atom. The molecule has 0 aliphatic heterocycles. The lowest BCUT2D eigenvalue weighted by Gasteiger charge is -2.29. The smallest absolute Gasteiger partial charge is 0.123 e. The van der Waals surface area contributed by atoms with Gasteiger partial charge in [0, 0.05) is 0 Å². The molecular weight excluding hydrogens is 452 g/mol. The van der Waals surface area contributed by atoms with Crippen molar-refractivity contribution in [2.45, 2.75) is 111 Å². The normalized spacial score (nSPS) is 12.6. The van der Waals surface area contributed by atoms with Crippen LogP contribution in [0.2, 0.25) is 0 Å². The van der Waals surface area contributed by atoms with E-state index in [0.29, 0.717) is 11.5 Å². The number of rotatable bonds is 2. The van der Waals surface area contributed by atoms with Gasteiger partial charge in [-0.3, -0.25) is 0 Å². The summed E-state index contributed by atoms with van der Waals surface area (Å²) in [6, 6.07) is 20.6. The van der Waals surface area contributed by atoms with E-state index < -0.39 is 0 Å². The van der Waals surface area contributed by atoms with Crippen molar-refractivity contribution in [3.63, 3.8) is 0 Å². The van der Waals surface area contributed by atoms with Crippen molar-refractivity contribution in [2.75, 3.05) is 0 Å². The number of benzene rings is 3. The van der Waals surface area contributed by atoms with Gasteiger partial charge in [-0.15, -0.1) is 0 Å². The Hall–Kier alpha value is -2.74. The Morgan fingerprint density at radius 3 is 0.757 bits per heavy atom. The molecule has 202 valence electrons. The van der Waals surface area contributed by atoms with Crippen LogP contribution in [-0.2, 0) is 28.1 Å². The molecule has 0 aromatic heterocycles. The van der Waals surface area contributed by atoms with Crippen LogP contribution in [0.5, 0.6) is 11.5 Å². The second-order valence-corrected chi connectivity index (χ2v) is 14.4. The molecule has 0 saturated heterocycles. The molecule has 3 rings (SSSR count). The van der Waals surface area contributed by atoms with E-state index in [-0.39, 0.29) is 21.7 Å². The summed E-state index contributed by atoms with van der Waals surface area (Å²) < 4.78 is 0. The fourth-order valence-electron chi connectivity index (χ4n) is 4.50. The Bertz CT molecular complexity index is 999. The summed E-state index contributed by atoms with van der Waals surface area (Å²) in [6.07, 6.45) is 0.763. The highest BCUT2D eigenvalue weighted by atomic mass is 16.3. The second kappa shape index (κ2) is 10.9. The number of aromatic hydroxyl groups is 2. The van der Waals surface area contributed by atoms with Crippen LogP contribution in [0.25, 0.3) is 0 Å². The van der Waals surface area contributed by atoms with Gasteiger partial charge < -0.3 is 10.2 Å². The van der Waals surface area contributed by atoms with Crippen molar-refractivity contribution < 1.29 is 10.2 Å². The number of phenolic OH excluding ortho intramolecular Hbond substituents is 2. The van der Waals surface area contributed by atoms with Crippen LogP contribution in [0.4, 0.5) is 0 Å². The maximum absolute atomic E-state index is 11.1. The molecule has 0 aliphatic rings. The van der Waals surface area contributed by atoms with Crippen LogP contribution in [0.3, 0.4) is 0 Å². The summed E-state index contributed by atoms with van der Waals surface area (Å²) in [5, 5.41) is 22.1. The largest absolute Gasteiger partial charge is 0.507 e. The Balaban J connectivity index is 0.000000700. The maximum Gasteiger partial charge on any atom is 0.123 e. The van der Waals surface area contributed by atoms with Gasteiger partial charge in [-0.25, -0.2) is 0 Å². The zero-order valence-electron chi connectivity index (χ0n) is 25.4. The summed E-state index contributed by atoms with van der Waals surface area (Å²) in [5.41, 5.74) is 5.73. The van der Waals surface area contributed by atoms with E-state index in [1.807, 2.05) is 36.4 Å². The molecule has 2 N–H and O–H groups in total. The summed E-state index contributed by atoms with van der Waals surface area (Å²) in [4.78, 5) is 0. The van der Waals surface area contributed by atoms with E-state index in [4.69, 9.17) is 0 Å². The highest BCUT2D eigenvalue weighted by Crippen LogP contribution is 2.42. The van der Waals surface area contributed by atoms with Crippen molar-refractivity contribution >= 4 is 0 Å². The lowest BCUT2D eigenvalue weighted by Crippen LogP contribution is -2.19. The third-order valence-electron chi connectivity index (χ3n) is 6.65. The molecule has 0 bridgehead atoms. The average Bonchev–Trinajstić information content (AvgIpc) is 2.74. The van der Waals surface area contributed by atoms with Crippen LogP contribution in [-0.4, -0.2) is 10.2 Å². The van der Waals surface area contributed by atoms with Gasteiger partial charge in [0.1, 0.15) is 11.5 Å². The minimum absolute atomic E-state index is 0.151. The third-order valence-corrected chi connectivity index (χ3v) is 6.65. The molecule has 0 spiro atoms. The molecule has 0 unspecified atom stereocenters. The van der Waals surface area contributed by atoms with Gasteiger partial charge in [-0.2, -0.15) is 0 Å². The molecule has 0 radical (unpaired) electrons. The molecule has 0 heterocycles. The topological polar surface area (TPSA) is 40.5 Å². The van der Waals surface area contributed by atoms with E-state index in [9.17, 15) is 10.2 Å². The van der Waals surface area contributed by atoms with E-state index in [2.05, 4.69) is 107 Å². The fraction of sp³-hybridized carbons (Fsp3) is 0.486. The van der Waals surface area contributed by atoms with E-state index in [0.717, 1.165) is 28.7 Å². The van der Waals surface area contributed by atoms with Crippen LogP contribution < -0.4 is 0 Å². The van der Waals surface area contributed by atoms with Crippen molar-refractivity contribution in [3.05, 3.63) is 94.0 Å². The number of hydrogen-bond donors (Lipinski definition) is 2. The van der Waals surface area contributed by atoms with Gasteiger partial charge >= 0.3 is 0 Å². The lowest BCUT2D eigenvalue weighted by molar-refractivity contribution is 0.422. The third kappa shape index (κ3) is 8.12. The average molecular weight is 503 g/mol. The first-order chi connectivity index (χ1) is 16.7. The highest BCUT2D eigenvalue weighted by molar-refractivity contribution is 5.53. The minimum atomic E-state index is -0.151. The Kier molecular flexibility index (Phi) is 9.01. The number of hydrogen-bond acceptors (Lipinski definition) is 2. The van der Waals surface area contributed by atoms with Crippen molar-refractivity contribution in [2.24, 2.45) is 0 Å². The molecule has 0 atom stereocenters. The van der Waals surface area contributed by atoms with Crippen LogP contribution in [0.15, 0.2) is 60.7 Å². The summed E-state index contributed by atoms with van der Waals surface area (Å²) >= 11 is 0. The molecule has 0 fully saturated rings. The molecule has 2 nitrogen and oxygen atoms in total. The van der Waals surface area contributed by atoms with Crippen molar-refractivity contribution in [1.82, 2.24) is 0 Å². The van der Waals surface area contributed by atoms with Crippen molar-refractivity contribution in [1.29, 1.82) is 0 Å². The molecule has 37 heavy (non-hydrogen) atoms. The molecule has 0 saturated carbocycles. The molecule has 2 heteroatoms. The molecule has 0 aliphatic carbocycles. The van der Waals surface area contributed by atoms with Crippen LogP contribution >= 0.6 is 0 Å². The maximum atomic E-state index is 11.1. The van der Waals surface area contributed by atoms with Gasteiger partial charge in [0.2, 0.25) is 0 Å². The second-order valence-electron chi connectivity index (χ2n) is 14.4. The highest BCUT2D eigenvalue weighted by Gasteiger charge is 2.28. The van der Waals surface area contributed by atoms with Gasteiger partial charge in [-0.1, -0.05) is 144 Å². The SMILES string of the molecule is CC(C)(C)c1cc(Cc2cc(C(C)(C)C)c(O)c(C(C)(C)C)c2)cc(C(C)(C)C)c1O.c1ccccc1. The lowest BCUT2D eigenvalue weighted by atomic mass is 9.76. The quantitative estimate of drug-likeness (QED) is 0.366. The van der Waals surface area contributed by atoms with E-state index >= 15 is 0 Å². The molecular formula is C35H50O2. The Labute approximate surface area is 226 Å². The van der Waals surface area contributed by atoms with Crippen LogP contribution in [0, 0.1) is 0 Å². The molecule has 0 amide bonds. The fourth-order valence-corrected chi connectivity index (χ4v) is 4.50. The van der Waals surface area contributed by atoms with Gasteiger partial charge in [-0.05, 0) is 61.5 Å². The number of phenols is 2. The zero-order chi connectivity index (χ0) is 28.4. The minimum Gasteiger partial charge on any atom is -0.507 e. The monoisotopic (exact) mass is 502 g/mol. The first-order valence-corrected chi connectivity index (χ1v) is 13.5. The summed E-state index contributed by atoms with van der Waals surface area (Å²) in [6.45, 7) is 25.8. The molecule has 3 aromatic rings. The summed E-state index contributed by atoms with van der Waals surface area (Å²) in [5.74, 6) is 0.834.